The molecule has 0 atom stereocenters. The number of rotatable bonds is 11. The number of methoxy groups -OCH3 is 3. The van der Waals surface area contributed by atoms with Crippen LogP contribution in [0.5, 0.6) is 17.2 Å². The largest absolute Gasteiger partial charge is 0.493 e. The molecule has 0 saturated heterocycles. The van der Waals surface area contributed by atoms with Gasteiger partial charge < -0.3 is 14.2 Å². The second-order valence-electron chi connectivity index (χ2n) is 6.36. The van der Waals surface area contributed by atoms with Gasteiger partial charge in [0.05, 0.1) is 38.2 Å². The topological polar surface area (TPSA) is 133 Å². The molecule has 0 radical (unpaired) electrons. The summed E-state index contributed by atoms with van der Waals surface area (Å²) >= 11 is 0. The first kappa shape index (κ1) is 24.9. The molecule has 0 heterocycles. The zero-order valence-electron chi connectivity index (χ0n) is 18.5. The Bertz CT molecular complexity index is 1070. The molecule has 2 aromatic carbocycles. The van der Waals surface area contributed by atoms with Gasteiger partial charge >= 0.3 is 0 Å². The van der Waals surface area contributed by atoms with E-state index in [4.69, 9.17) is 14.2 Å². The maximum atomic E-state index is 13.0. The first-order chi connectivity index (χ1) is 15.2. The molecule has 1 N–H and O–H groups in total. The number of anilines is 1. The summed E-state index contributed by atoms with van der Waals surface area (Å²) in [6.07, 6.45) is 1.43. The lowest BCUT2D eigenvalue weighted by atomic mass is 10.2. The lowest BCUT2D eigenvalue weighted by Crippen LogP contribution is -2.31. The molecule has 0 bridgehead atoms. The third-order valence-corrected chi connectivity index (χ3v) is 6.67. The fraction of sp³-hybridized carbons (Fsp3) is 0.350. The van der Waals surface area contributed by atoms with Gasteiger partial charge in [0.15, 0.2) is 11.5 Å². The number of nitrogens with one attached hydrogen (secondary N) is 1. The molecule has 2 aromatic rings. The molecular weight excluding hydrogens is 440 g/mol. The van der Waals surface area contributed by atoms with Gasteiger partial charge in [-0.05, 0) is 18.2 Å². The second-order valence-corrected chi connectivity index (χ2v) is 8.26. The van der Waals surface area contributed by atoms with Crippen LogP contribution >= 0.6 is 0 Å². The first-order valence-corrected chi connectivity index (χ1v) is 11.0. The normalized spacial score (nSPS) is 11.6. The zero-order chi connectivity index (χ0) is 23.9. The third-order valence-electron chi connectivity index (χ3n) is 4.58. The van der Waals surface area contributed by atoms with Crippen molar-refractivity contribution in [1.82, 2.24) is 4.31 Å². The number of hydrogen-bond acceptors (Lipinski definition) is 9. The molecular formula is C20H26N4O7S. The Hall–Kier alpha value is -3.38. The minimum Gasteiger partial charge on any atom is -0.493 e. The van der Waals surface area contributed by atoms with E-state index in [-0.39, 0.29) is 29.4 Å². The van der Waals surface area contributed by atoms with Crippen LogP contribution in [-0.2, 0) is 10.0 Å². The van der Waals surface area contributed by atoms with E-state index < -0.39 is 14.9 Å². The van der Waals surface area contributed by atoms with Crippen molar-refractivity contribution in [2.45, 2.75) is 18.7 Å². The van der Waals surface area contributed by atoms with Crippen LogP contribution in [0.1, 0.15) is 19.4 Å². The van der Waals surface area contributed by atoms with Crippen LogP contribution in [0.4, 0.5) is 11.4 Å². The number of non-ortho nitro benzene ring substituents is 1. The highest BCUT2D eigenvalue weighted by Gasteiger charge is 2.27. The number of hydrazone groups is 1. The van der Waals surface area contributed by atoms with Crippen LogP contribution in [-0.4, -0.2) is 58.3 Å². The highest BCUT2D eigenvalue weighted by Crippen LogP contribution is 2.37. The molecule has 0 aromatic heterocycles. The number of nitrogens with zero attached hydrogens (tertiary/aromatic N) is 3. The van der Waals surface area contributed by atoms with E-state index in [0.29, 0.717) is 22.8 Å². The Labute approximate surface area is 186 Å². The molecule has 0 saturated carbocycles. The Morgan fingerprint density at radius 1 is 1.06 bits per heavy atom. The maximum absolute atomic E-state index is 13.0. The smallest absolute Gasteiger partial charge is 0.270 e. The van der Waals surface area contributed by atoms with E-state index >= 15 is 0 Å². The average molecular weight is 467 g/mol. The van der Waals surface area contributed by atoms with Gasteiger partial charge in [0.1, 0.15) is 4.90 Å². The number of benzene rings is 2. The van der Waals surface area contributed by atoms with Crippen LogP contribution in [0, 0.1) is 10.1 Å². The van der Waals surface area contributed by atoms with E-state index in [0.717, 1.165) is 6.07 Å². The number of nitro groups is 1. The van der Waals surface area contributed by atoms with Crippen LogP contribution in [0.15, 0.2) is 40.3 Å². The number of sulfonamides is 1. The van der Waals surface area contributed by atoms with Gasteiger partial charge in [-0.2, -0.15) is 9.41 Å². The molecule has 0 amide bonds. The molecule has 12 heteroatoms. The van der Waals surface area contributed by atoms with E-state index in [1.807, 2.05) is 0 Å². The fourth-order valence-corrected chi connectivity index (χ4v) is 4.60. The van der Waals surface area contributed by atoms with Crippen molar-refractivity contribution in [3.8, 4) is 17.2 Å². The Morgan fingerprint density at radius 3 is 2.12 bits per heavy atom. The highest BCUT2D eigenvalue weighted by atomic mass is 32.2. The van der Waals surface area contributed by atoms with E-state index in [9.17, 15) is 18.5 Å². The minimum atomic E-state index is -3.98. The molecule has 0 aliphatic rings. The molecule has 0 spiro atoms. The summed E-state index contributed by atoms with van der Waals surface area (Å²) in [7, 11) is 0.479. The summed E-state index contributed by atoms with van der Waals surface area (Å²) in [4.78, 5) is 10.3. The van der Waals surface area contributed by atoms with Gasteiger partial charge in [-0.15, -0.1) is 0 Å². The van der Waals surface area contributed by atoms with Crippen molar-refractivity contribution >= 4 is 27.6 Å². The molecule has 174 valence electrons. The number of hydrogen-bond donors (Lipinski definition) is 1. The van der Waals surface area contributed by atoms with Crippen LogP contribution in [0.3, 0.4) is 0 Å². The van der Waals surface area contributed by atoms with E-state index in [2.05, 4.69) is 10.5 Å². The lowest BCUT2D eigenvalue weighted by Gasteiger charge is -2.20. The standard InChI is InChI=1S/C20H26N4O7S/c1-6-23(7-2)32(27,28)19-12-15(24(25)26)8-9-16(19)22-21-13-14-10-17(29-3)20(31-5)18(11-14)30-4/h8-13,22H,6-7H2,1-5H3/b21-13+. The predicted molar refractivity (Wildman–Crippen MR) is 121 cm³/mol. The quantitative estimate of drug-likeness (QED) is 0.303. The van der Waals surface area contributed by atoms with E-state index in [1.54, 1.807) is 26.0 Å². The molecule has 0 aliphatic heterocycles. The number of nitro benzene ring substituents is 1. The van der Waals surface area contributed by atoms with Gasteiger partial charge in [0.25, 0.3) is 5.69 Å². The van der Waals surface area contributed by atoms with Crippen molar-refractivity contribution in [2.75, 3.05) is 39.8 Å². The summed E-state index contributed by atoms with van der Waals surface area (Å²) in [5, 5.41) is 15.3. The van der Waals surface area contributed by atoms with Gasteiger partial charge in [-0.25, -0.2) is 8.42 Å². The van der Waals surface area contributed by atoms with Crippen molar-refractivity contribution < 1.29 is 27.6 Å². The molecule has 32 heavy (non-hydrogen) atoms. The van der Waals surface area contributed by atoms with Crippen molar-refractivity contribution in [1.29, 1.82) is 0 Å². The Morgan fingerprint density at radius 2 is 1.66 bits per heavy atom. The second kappa shape index (κ2) is 10.8. The zero-order valence-corrected chi connectivity index (χ0v) is 19.3. The minimum absolute atomic E-state index is 0.103. The average Bonchev–Trinajstić information content (AvgIpc) is 2.78. The molecule has 0 unspecified atom stereocenters. The fourth-order valence-electron chi connectivity index (χ4n) is 2.99. The molecule has 2 rings (SSSR count). The van der Waals surface area contributed by atoms with Crippen LogP contribution < -0.4 is 19.6 Å². The molecule has 0 aliphatic carbocycles. The highest BCUT2D eigenvalue weighted by molar-refractivity contribution is 7.89. The van der Waals surface area contributed by atoms with E-state index in [1.165, 1.54) is 44.0 Å². The van der Waals surface area contributed by atoms with Gasteiger partial charge in [-0.3, -0.25) is 15.5 Å². The maximum Gasteiger partial charge on any atom is 0.270 e. The molecule has 11 nitrogen and oxygen atoms in total. The van der Waals surface area contributed by atoms with Gasteiger partial charge in [-0.1, -0.05) is 13.8 Å². The summed E-state index contributed by atoms with van der Waals surface area (Å²) in [6.45, 7) is 3.81. The summed E-state index contributed by atoms with van der Waals surface area (Å²) in [5.41, 5.74) is 3.02. The summed E-state index contributed by atoms with van der Waals surface area (Å²) in [6, 6.07) is 6.86. The summed E-state index contributed by atoms with van der Waals surface area (Å²) in [5.74, 6) is 1.27. The van der Waals surface area contributed by atoms with Gasteiger partial charge in [0, 0.05) is 30.8 Å². The van der Waals surface area contributed by atoms with Crippen LogP contribution in [0.2, 0.25) is 0 Å². The van der Waals surface area contributed by atoms with Gasteiger partial charge in [0.2, 0.25) is 15.8 Å². The SMILES string of the molecule is CCN(CC)S(=O)(=O)c1cc([N+](=O)[O-])ccc1N/N=C/c1cc(OC)c(OC)c(OC)c1. The monoisotopic (exact) mass is 466 g/mol. The van der Waals surface area contributed by atoms with Crippen molar-refractivity contribution in [3.63, 3.8) is 0 Å². The Kier molecular flexibility index (Phi) is 8.38. The predicted octanol–water partition coefficient (Wildman–Crippen LogP) is 3.10. The van der Waals surface area contributed by atoms with Crippen molar-refractivity contribution in [2.24, 2.45) is 5.10 Å². The lowest BCUT2D eigenvalue weighted by molar-refractivity contribution is -0.385. The summed E-state index contributed by atoms with van der Waals surface area (Å²) < 4.78 is 43.1. The van der Waals surface area contributed by atoms with Crippen LogP contribution in [0.25, 0.3) is 0 Å². The number of ether oxygens (including phenoxy) is 3. The third kappa shape index (κ3) is 5.26. The Balaban J connectivity index is 2.46. The van der Waals surface area contributed by atoms with Crippen molar-refractivity contribution in [3.05, 3.63) is 46.0 Å². The first-order valence-electron chi connectivity index (χ1n) is 9.61. The molecule has 0 fully saturated rings.